The number of amides is 1. The summed E-state index contributed by atoms with van der Waals surface area (Å²) >= 11 is 0. The van der Waals surface area contributed by atoms with Crippen LogP contribution in [0.4, 0.5) is 11.4 Å². The van der Waals surface area contributed by atoms with Gasteiger partial charge >= 0.3 is 0 Å². The molecule has 1 amide bonds. The lowest BCUT2D eigenvalue weighted by atomic mass is 10.2. The lowest BCUT2D eigenvalue weighted by Gasteiger charge is -2.25. The summed E-state index contributed by atoms with van der Waals surface area (Å²) in [7, 11) is 3.28. The van der Waals surface area contributed by atoms with E-state index < -0.39 is 0 Å². The van der Waals surface area contributed by atoms with E-state index in [2.05, 4.69) is 4.90 Å². The van der Waals surface area contributed by atoms with Crippen molar-refractivity contribution in [2.24, 2.45) is 5.73 Å². The molecule has 23 heavy (non-hydrogen) atoms. The molecule has 2 aromatic carbocycles. The highest BCUT2D eigenvalue weighted by Gasteiger charge is 2.11. The van der Waals surface area contributed by atoms with Crippen molar-refractivity contribution in [3.05, 3.63) is 48.5 Å². The van der Waals surface area contributed by atoms with Crippen molar-refractivity contribution in [3.63, 3.8) is 0 Å². The smallest absolute Gasteiger partial charge is 0.217 e. The van der Waals surface area contributed by atoms with Crippen molar-refractivity contribution in [1.82, 2.24) is 0 Å². The van der Waals surface area contributed by atoms with E-state index in [1.807, 2.05) is 48.5 Å². The number of primary amides is 1. The summed E-state index contributed by atoms with van der Waals surface area (Å²) in [6.45, 7) is 0.670. The van der Waals surface area contributed by atoms with Crippen LogP contribution in [0.5, 0.6) is 11.5 Å². The van der Waals surface area contributed by atoms with Gasteiger partial charge in [0.25, 0.3) is 0 Å². The van der Waals surface area contributed by atoms with Crippen molar-refractivity contribution in [1.29, 1.82) is 0 Å². The van der Waals surface area contributed by atoms with Crippen LogP contribution in [0.1, 0.15) is 12.8 Å². The van der Waals surface area contributed by atoms with E-state index in [1.54, 1.807) is 14.2 Å². The molecule has 2 N–H and O–H groups in total. The van der Waals surface area contributed by atoms with E-state index in [0.29, 0.717) is 19.4 Å². The second kappa shape index (κ2) is 8.08. The average molecular weight is 314 g/mol. The fourth-order valence-electron chi connectivity index (χ4n) is 2.38. The summed E-state index contributed by atoms with van der Waals surface area (Å²) in [5.74, 6) is 1.27. The zero-order valence-electron chi connectivity index (χ0n) is 13.5. The summed E-state index contributed by atoms with van der Waals surface area (Å²) in [5.41, 5.74) is 7.23. The van der Waals surface area contributed by atoms with Gasteiger partial charge in [-0.25, -0.2) is 0 Å². The first-order chi connectivity index (χ1) is 11.1. The Morgan fingerprint density at radius 3 is 1.96 bits per heavy atom. The number of rotatable bonds is 8. The molecule has 0 saturated carbocycles. The maximum absolute atomic E-state index is 11.0. The average Bonchev–Trinajstić information content (AvgIpc) is 2.58. The number of methoxy groups -OCH3 is 2. The lowest BCUT2D eigenvalue weighted by Crippen LogP contribution is -2.20. The molecule has 0 aliphatic heterocycles. The normalized spacial score (nSPS) is 10.2. The van der Waals surface area contributed by atoms with E-state index in [0.717, 1.165) is 22.9 Å². The number of ether oxygens (including phenoxy) is 2. The number of nitrogens with zero attached hydrogens (tertiary/aromatic N) is 1. The molecule has 0 fully saturated rings. The van der Waals surface area contributed by atoms with Gasteiger partial charge in [0.1, 0.15) is 11.5 Å². The number of nitrogens with two attached hydrogens (primary N) is 1. The highest BCUT2D eigenvalue weighted by atomic mass is 16.5. The van der Waals surface area contributed by atoms with E-state index in [-0.39, 0.29) is 5.91 Å². The van der Waals surface area contributed by atoms with Crippen molar-refractivity contribution in [2.45, 2.75) is 12.8 Å². The van der Waals surface area contributed by atoms with Gasteiger partial charge in [-0.3, -0.25) is 4.79 Å². The predicted octanol–water partition coefficient (Wildman–Crippen LogP) is 3.11. The molecular weight excluding hydrogens is 292 g/mol. The van der Waals surface area contributed by atoms with Crippen LogP contribution in [0.3, 0.4) is 0 Å². The number of hydrogen-bond donors (Lipinski definition) is 1. The van der Waals surface area contributed by atoms with Gasteiger partial charge in [0.2, 0.25) is 5.91 Å². The minimum Gasteiger partial charge on any atom is -0.497 e. The monoisotopic (exact) mass is 314 g/mol. The first-order valence-corrected chi connectivity index (χ1v) is 7.48. The maximum Gasteiger partial charge on any atom is 0.217 e. The zero-order chi connectivity index (χ0) is 16.7. The number of carbonyl (C=O) groups is 1. The molecule has 0 radical (unpaired) electrons. The standard InChI is InChI=1S/C18H22N2O3/c1-22-16-8-3-6-14(12-16)20(11-5-10-18(19)21)15-7-4-9-17(13-15)23-2/h3-4,6-9,12-13H,5,10-11H2,1-2H3,(H2,19,21). The van der Waals surface area contributed by atoms with E-state index in [1.165, 1.54) is 0 Å². The van der Waals surface area contributed by atoms with Crippen LogP contribution in [0, 0.1) is 0 Å². The SMILES string of the molecule is COc1cccc(N(CCCC(N)=O)c2cccc(OC)c2)c1. The van der Waals surface area contributed by atoms with Crippen LogP contribution < -0.4 is 20.1 Å². The van der Waals surface area contributed by atoms with Crippen LogP contribution in [0.2, 0.25) is 0 Å². The maximum atomic E-state index is 11.0. The number of benzene rings is 2. The molecule has 0 aromatic heterocycles. The molecule has 5 heteroatoms. The minimum absolute atomic E-state index is 0.291. The van der Waals surface area contributed by atoms with Crippen molar-refractivity contribution >= 4 is 17.3 Å². The summed E-state index contributed by atoms with van der Waals surface area (Å²) in [5, 5.41) is 0. The number of hydrogen-bond acceptors (Lipinski definition) is 4. The van der Waals surface area contributed by atoms with Crippen molar-refractivity contribution < 1.29 is 14.3 Å². The summed E-state index contributed by atoms with van der Waals surface area (Å²) in [4.78, 5) is 13.1. The van der Waals surface area contributed by atoms with Crippen LogP contribution in [0.15, 0.2) is 48.5 Å². The van der Waals surface area contributed by atoms with Gasteiger partial charge in [-0.15, -0.1) is 0 Å². The van der Waals surface area contributed by atoms with E-state index in [4.69, 9.17) is 15.2 Å². The van der Waals surface area contributed by atoms with Gasteiger partial charge in [-0.2, -0.15) is 0 Å². The molecule has 0 heterocycles. The lowest BCUT2D eigenvalue weighted by molar-refractivity contribution is -0.118. The summed E-state index contributed by atoms with van der Waals surface area (Å²) < 4.78 is 10.6. The first kappa shape index (κ1) is 16.7. The first-order valence-electron chi connectivity index (χ1n) is 7.48. The molecule has 2 rings (SSSR count). The molecule has 0 atom stereocenters. The molecule has 0 unspecified atom stereocenters. The van der Waals surface area contributed by atoms with Gasteiger partial charge in [0, 0.05) is 36.5 Å². The Morgan fingerprint density at radius 2 is 1.52 bits per heavy atom. The number of carbonyl (C=O) groups excluding carboxylic acids is 1. The Bertz CT molecular complexity index is 611. The largest absolute Gasteiger partial charge is 0.497 e. The quantitative estimate of drug-likeness (QED) is 0.813. The van der Waals surface area contributed by atoms with Crippen LogP contribution in [0.25, 0.3) is 0 Å². The minimum atomic E-state index is -0.291. The van der Waals surface area contributed by atoms with Gasteiger partial charge in [0.05, 0.1) is 14.2 Å². The Balaban J connectivity index is 2.31. The second-order valence-corrected chi connectivity index (χ2v) is 5.12. The van der Waals surface area contributed by atoms with Gasteiger partial charge in [-0.05, 0) is 30.7 Å². The molecule has 0 aliphatic carbocycles. The fourth-order valence-corrected chi connectivity index (χ4v) is 2.38. The Labute approximate surface area is 136 Å². The molecule has 0 saturated heterocycles. The molecular formula is C18H22N2O3. The van der Waals surface area contributed by atoms with Crippen LogP contribution in [-0.2, 0) is 4.79 Å². The zero-order valence-corrected chi connectivity index (χ0v) is 13.5. The van der Waals surface area contributed by atoms with Crippen LogP contribution >= 0.6 is 0 Å². The predicted molar refractivity (Wildman–Crippen MR) is 91.4 cm³/mol. The van der Waals surface area contributed by atoms with Crippen molar-refractivity contribution in [2.75, 3.05) is 25.7 Å². The Kier molecular flexibility index (Phi) is 5.86. The molecule has 0 bridgehead atoms. The summed E-state index contributed by atoms with van der Waals surface area (Å²) in [6.07, 6.45) is 1.02. The Hall–Kier alpha value is -2.69. The third-order valence-corrected chi connectivity index (χ3v) is 3.53. The van der Waals surface area contributed by atoms with Gasteiger partial charge in [0.15, 0.2) is 0 Å². The van der Waals surface area contributed by atoms with Gasteiger partial charge < -0.3 is 20.1 Å². The molecule has 2 aromatic rings. The summed E-state index contributed by atoms with van der Waals surface area (Å²) in [6, 6.07) is 15.6. The van der Waals surface area contributed by atoms with E-state index in [9.17, 15) is 4.79 Å². The van der Waals surface area contributed by atoms with E-state index >= 15 is 0 Å². The molecule has 5 nitrogen and oxygen atoms in total. The third-order valence-electron chi connectivity index (χ3n) is 3.53. The second-order valence-electron chi connectivity index (χ2n) is 5.12. The molecule has 0 spiro atoms. The third kappa shape index (κ3) is 4.64. The highest BCUT2D eigenvalue weighted by Crippen LogP contribution is 2.30. The van der Waals surface area contributed by atoms with Crippen LogP contribution in [-0.4, -0.2) is 26.7 Å². The highest BCUT2D eigenvalue weighted by molar-refractivity contribution is 5.74. The fraction of sp³-hybridized carbons (Fsp3) is 0.278. The number of anilines is 2. The Morgan fingerprint density at radius 1 is 1.00 bits per heavy atom. The van der Waals surface area contributed by atoms with Crippen molar-refractivity contribution in [3.8, 4) is 11.5 Å². The van der Waals surface area contributed by atoms with Gasteiger partial charge in [-0.1, -0.05) is 12.1 Å². The molecule has 122 valence electrons. The topological polar surface area (TPSA) is 64.8 Å². The molecule has 0 aliphatic rings.